The molecule has 2 amide bonds. The number of rotatable bonds is 5. The fourth-order valence-corrected chi connectivity index (χ4v) is 1.68. The van der Waals surface area contributed by atoms with Crippen molar-refractivity contribution >= 4 is 17.5 Å². The first-order valence-corrected chi connectivity index (χ1v) is 6.49. The molecule has 0 atom stereocenters. The summed E-state index contributed by atoms with van der Waals surface area (Å²) in [5.41, 5.74) is 1.36. The molecule has 0 aliphatic carbocycles. The van der Waals surface area contributed by atoms with Crippen LogP contribution in [0.15, 0.2) is 24.3 Å². The molecule has 2 N–H and O–H groups in total. The summed E-state index contributed by atoms with van der Waals surface area (Å²) < 4.78 is 4.73. The second-order valence-corrected chi connectivity index (χ2v) is 5.65. The summed E-state index contributed by atoms with van der Waals surface area (Å²) in [7, 11) is 1.47. The maximum atomic E-state index is 11.8. The van der Waals surface area contributed by atoms with E-state index in [2.05, 4.69) is 10.6 Å². The van der Waals surface area contributed by atoms with Crippen LogP contribution in [0.5, 0.6) is 0 Å². The van der Waals surface area contributed by atoms with E-state index in [1.54, 1.807) is 12.1 Å². The monoisotopic (exact) mass is 278 g/mol. The minimum absolute atomic E-state index is 0.0198. The molecule has 1 aromatic rings. The summed E-state index contributed by atoms with van der Waals surface area (Å²) in [4.78, 5) is 23.1. The first-order valence-electron chi connectivity index (χ1n) is 6.49. The van der Waals surface area contributed by atoms with Crippen LogP contribution in [-0.4, -0.2) is 31.1 Å². The number of hydrogen-bond donors (Lipinski definition) is 2. The number of nitrogens with one attached hydrogen (secondary N) is 2. The topological polar surface area (TPSA) is 67.4 Å². The van der Waals surface area contributed by atoms with E-state index in [1.807, 2.05) is 32.9 Å². The highest BCUT2D eigenvalue weighted by molar-refractivity contribution is 5.91. The number of carbonyl (C=O) groups is 2. The number of anilines is 1. The van der Waals surface area contributed by atoms with Gasteiger partial charge >= 0.3 is 0 Å². The Balaban J connectivity index is 2.54. The average Bonchev–Trinajstić information content (AvgIpc) is 2.29. The highest BCUT2D eigenvalue weighted by Crippen LogP contribution is 2.10. The molecule has 0 unspecified atom stereocenters. The van der Waals surface area contributed by atoms with Gasteiger partial charge in [0.05, 0.1) is 6.42 Å². The Morgan fingerprint density at radius 3 is 2.20 bits per heavy atom. The Morgan fingerprint density at radius 2 is 1.70 bits per heavy atom. The summed E-state index contributed by atoms with van der Waals surface area (Å²) in [6, 6.07) is 7.19. The van der Waals surface area contributed by atoms with Gasteiger partial charge in [0.25, 0.3) is 0 Å². The van der Waals surface area contributed by atoms with Gasteiger partial charge in [0.2, 0.25) is 11.8 Å². The van der Waals surface area contributed by atoms with Crippen molar-refractivity contribution in [3.8, 4) is 0 Å². The fraction of sp³-hybridized carbons (Fsp3) is 0.467. The lowest BCUT2D eigenvalue weighted by Gasteiger charge is -2.20. The predicted molar refractivity (Wildman–Crippen MR) is 78.5 cm³/mol. The van der Waals surface area contributed by atoms with Crippen LogP contribution in [0, 0.1) is 0 Å². The van der Waals surface area contributed by atoms with Gasteiger partial charge in [-0.25, -0.2) is 0 Å². The van der Waals surface area contributed by atoms with Gasteiger partial charge in [-0.1, -0.05) is 12.1 Å². The van der Waals surface area contributed by atoms with E-state index in [0.717, 1.165) is 5.56 Å². The second kappa shape index (κ2) is 7.05. The number of carbonyl (C=O) groups excluding carboxylic acids is 2. The third-order valence-electron chi connectivity index (χ3n) is 2.39. The molecule has 0 saturated carbocycles. The molecule has 0 aliphatic rings. The lowest BCUT2D eigenvalue weighted by atomic mass is 10.1. The standard InChI is InChI=1S/C15H22N2O3/c1-15(2,3)17-13(18)9-11-5-7-12(8-6-11)16-14(19)10-20-4/h5-8H,9-10H2,1-4H3,(H,16,19)(H,17,18). The van der Waals surface area contributed by atoms with E-state index in [-0.39, 0.29) is 24.0 Å². The Morgan fingerprint density at radius 1 is 1.10 bits per heavy atom. The van der Waals surface area contributed by atoms with Crippen LogP contribution in [-0.2, 0) is 20.7 Å². The van der Waals surface area contributed by atoms with Crippen molar-refractivity contribution < 1.29 is 14.3 Å². The zero-order valence-corrected chi connectivity index (χ0v) is 12.4. The van der Waals surface area contributed by atoms with E-state index < -0.39 is 0 Å². The first-order chi connectivity index (χ1) is 9.30. The van der Waals surface area contributed by atoms with Crippen LogP contribution >= 0.6 is 0 Å². The van der Waals surface area contributed by atoms with E-state index in [4.69, 9.17) is 4.74 Å². The molecule has 0 fully saturated rings. The van der Waals surface area contributed by atoms with Crippen LogP contribution in [0.2, 0.25) is 0 Å². The summed E-state index contributed by atoms with van der Waals surface area (Å²) in [5.74, 6) is -0.223. The van der Waals surface area contributed by atoms with Crippen LogP contribution in [0.1, 0.15) is 26.3 Å². The molecule has 110 valence electrons. The van der Waals surface area contributed by atoms with Crippen LogP contribution < -0.4 is 10.6 Å². The minimum atomic E-state index is -0.231. The molecule has 0 aromatic heterocycles. The lowest BCUT2D eigenvalue weighted by Crippen LogP contribution is -2.41. The minimum Gasteiger partial charge on any atom is -0.375 e. The summed E-state index contributed by atoms with van der Waals surface area (Å²) >= 11 is 0. The Hall–Kier alpha value is -1.88. The fourth-order valence-electron chi connectivity index (χ4n) is 1.68. The third-order valence-corrected chi connectivity index (χ3v) is 2.39. The summed E-state index contributed by atoms with van der Waals surface area (Å²) in [6.45, 7) is 5.85. The number of ether oxygens (including phenoxy) is 1. The predicted octanol–water partition coefficient (Wildman–Crippen LogP) is 1.73. The van der Waals surface area contributed by atoms with Crippen molar-refractivity contribution in [1.82, 2.24) is 5.32 Å². The number of benzene rings is 1. The maximum absolute atomic E-state index is 11.8. The molecular formula is C15H22N2O3. The average molecular weight is 278 g/mol. The molecule has 0 saturated heterocycles. The maximum Gasteiger partial charge on any atom is 0.250 e. The van der Waals surface area contributed by atoms with Gasteiger partial charge in [-0.15, -0.1) is 0 Å². The lowest BCUT2D eigenvalue weighted by molar-refractivity contribution is -0.122. The molecule has 1 rings (SSSR count). The van der Waals surface area contributed by atoms with Crippen molar-refractivity contribution in [2.75, 3.05) is 19.0 Å². The largest absolute Gasteiger partial charge is 0.375 e. The normalized spacial score (nSPS) is 11.0. The second-order valence-electron chi connectivity index (χ2n) is 5.65. The van der Waals surface area contributed by atoms with Crippen LogP contribution in [0.25, 0.3) is 0 Å². The number of amides is 2. The molecule has 5 heteroatoms. The highest BCUT2D eigenvalue weighted by atomic mass is 16.5. The van der Waals surface area contributed by atoms with Gasteiger partial charge in [-0.05, 0) is 38.5 Å². The summed E-state index contributed by atoms with van der Waals surface area (Å²) in [5, 5.41) is 5.60. The van der Waals surface area contributed by atoms with Gasteiger partial charge in [-0.2, -0.15) is 0 Å². The number of hydrogen-bond acceptors (Lipinski definition) is 3. The molecule has 5 nitrogen and oxygen atoms in total. The molecule has 20 heavy (non-hydrogen) atoms. The van der Waals surface area contributed by atoms with E-state index >= 15 is 0 Å². The van der Waals surface area contributed by atoms with Gasteiger partial charge in [-0.3, -0.25) is 9.59 Å². The molecular weight excluding hydrogens is 256 g/mol. The first kappa shape index (κ1) is 16.2. The van der Waals surface area contributed by atoms with Crippen molar-refractivity contribution in [2.24, 2.45) is 0 Å². The van der Waals surface area contributed by atoms with Crippen molar-refractivity contribution in [3.63, 3.8) is 0 Å². The van der Waals surface area contributed by atoms with E-state index in [9.17, 15) is 9.59 Å². The molecule has 0 heterocycles. The van der Waals surface area contributed by atoms with Gasteiger partial charge < -0.3 is 15.4 Å². The molecule has 0 radical (unpaired) electrons. The summed E-state index contributed by atoms with van der Waals surface area (Å²) in [6.07, 6.45) is 0.323. The zero-order chi connectivity index (χ0) is 15.2. The van der Waals surface area contributed by atoms with Gasteiger partial charge in [0.15, 0.2) is 0 Å². The SMILES string of the molecule is COCC(=O)Nc1ccc(CC(=O)NC(C)(C)C)cc1. The van der Waals surface area contributed by atoms with Gasteiger partial charge in [0, 0.05) is 18.3 Å². The smallest absolute Gasteiger partial charge is 0.250 e. The van der Waals surface area contributed by atoms with Crippen molar-refractivity contribution in [2.45, 2.75) is 32.7 Å². The van der Waals surface area contributed by atoms with E-state index in [0.29, 0.717) is 12.1 Å². The molecule has 1 aromatic carbocycles. The molecule has 0 aliphatic heterocycles. The highest BCUT2D eigenvalue weighted by Gasteiger charge is 2.13. The molecule has 0 spiro atoms. The Bertz CT molecular complexity index is 461. The molecule has 0 bridgehead atoms. The number of methoxy groups -OCH3 is 1. The van der Waals surface area contributed by atoms with Crippen molar-refractivity contribution in [1.29, 1.82) is 0 Å². The van der Waals surface area contributed by atoms with Gasteiger partial charge in [0.1, 0.15) is 6.61 Å². The Kier molecular flexibility index (Phi) is 5.70. The van der Waals surface area contributed by atoms with Crippen LogP contribution in [0.3, 0.4) is 0 Å². The van der Waals surface area contributed by atoms with Crippen molar-refractivity contribution in [3.05, 3.63) is 29.8 Å². The third kappa shape index (κ3) is 6.33. The quantitative estimate of drug-likeness (QED) is 0.862. The zero-order valence-electron chi connectivity index (χ0n) is 12.4. The van der Waals surface area contributed by atoms with Crippen LogP contribution in [0.4, 0.5) is 5.69 Å². The van der Waals surface area contributed by atoms with E-state index in [1.165, 1.54) is 7.11 Å². The Labute approximate surface area is 119 Å².